The van der Waals surface area contributed by atoms with E-state index in [1.54, 1.807) is 28.4 Å². The van der Waals surface area contributed by atoms with E-state index in [2.05, 4.69) is 66.0 Å². The summed E-state index contributed by atoms with van der Waals surface area (Å²) >= 11 is 6.27. The molecule has 0 bridgehead atoms. The number of nitrogens with two attached hydrogens (primary N) is 1. The van der Waals surface area contributed by atoms with Gasteiger partial charge in [0.2, 0.25) is 0 Å². The SMILES string of the molecule is COc1ccc(C(NCCCOc2ccc(Cl)cc2Cc2ccccc2)c2ccc(OC)cc2)cc1.COc1ccc(CC(N)Cc2ccc(OC)cc2)cc1. The third-order valence-corrected chi connectivity index (χ3v) is 9.63. The van der Waals surface area contributed by atoms with E-state index < -0.39 is 0 Å². The Balaban J connectivity index is 0.000000253. The lowest BCUT2D eigenvalue weighted by Crippen LogP contribution is -2.25. The summed E-state index contributed by atoms with van der Waals surface area (Å²) in [6.07, 6.45) is 3.36. The van der Waals surface area contributed by atoms with Crippen LogP contribution < -0.4 is 34.7 Å². The number of ether oxygens (including phenoxy) is 5. The van der Waals surface area contributed by atoms with E-state index in [0.29, 0.717) is 6.61 Å². The molecule has 0 atom stereocenters. The van der Waals surface area contributed by atoms with E-state index in [0.717, 1.165) is 71.6 Å². The van der Waals surface area contributed by atoms with Crippen molar-refractivity contribution in [3.05, 3.63) is 184 Å². The van der Waals surface area contributed by atoms with Gasteiger partial charge in [0, 0.05) is 17.5 Å². The van der Waals surface area contributed by atoms with Crippen LogP contribution in [0.1, 0.15) is 45.8 Å². The molecule has 0 spiro atoms. The number of nitrogens with one attached hydrogen (secondary N) is 1. The Morgan fingerprint density at radius 2 is 1.02 bits per heavy atom. The highest BCUT2D eigenvalue weighted by molar-refractivity contribution is 6.30. The third-order valence-electron chi connectivity index (χ3n) is 9.40. The van der Waals surface area contributed by atoms with Crippen molar-refractivity contribution in [2.45, 2.75) is 37.8 Å². The summed E-state index contributed by atoms with van der Waals surface area (Å²) in [6, 6.07) is 48.8. The number of hydrogen-bond acceptors (Lipinski definition) is 7. The molecule has 3 N–H and O–H groups in total. The maximum absolute atomic E-state index is 6.27. The number of rotatable bonds is 18. The van der Waals surface area contributed by atoms with Crippen molar-refractivity contribution < 1.29 is 23.7 Å². The molecule has 0 heterocycles. The van der Waals surface area contributed by atoms with Gasteiger partial charge < -0.3 is 34.7 Å². The Morgan fingerprint density at radius 3 is 1.48 bits per heavy atom. The quantitative estimate of drug-likeness (QED) is 0.0842. The van der Waals surface area contributed by atoms with E-state index in [-0.39, 0.29) is 12.1 Å². The molecule has 7 nitrogen and oxygen atoms in total. The molecular formula is C48H53ClN2O5. The van der Waals surface area contributed by atoms with Gasteiger partial charge >= 0.3 is 0 Å². The first-order valence-electron chi connectivity index (χ1n) is 18.8. The number of methoxy groups -OCH3 is 4. The summed E-state index contributed by atoms with van der Waals surface area (Å²) in [5.41, 5.74) is 13.3. The number of benzene rings is 6. The van der Waals surface area contributed by atoms with Crippen LogP contribution in [0.15, 0.2) is 146 Å². The van der Waals surface area contributed by atoms with E-state index in [4.69, 9.17) is 41.0 Å². The summed E-state index contributed by atoms with van der Waals surface area (Å²) in [4.78, 5) is 0. The standard InChI is InChI=1S/C31H32ClNO3.C17H21NO2/c1-34-28-14-9-24(10-15-28)31(25-11-16-29(35-2)17-12-25)33-19-6-20-36-30-18-13-27(32)22-26(30)21-23-7-4-3-5-8-23;1-19-16-7-3-13(4-8-16)11-15(18)12-14-5-9-17(20-2)10-6-14/h3-5,7-18,22,31,33H,6,19-21H2,1-2H3;3-10,15H,11-12,18H2,1-2H3. The zero-order chi connectivity index (χ0) is 39.5. The molecule has 0 aromatic heterocycles. The van der Waals surface area contributed by atoms with Crippen LogP contribution in [-0.2, 0) is 19.3 Å². The maximum Gasteiger partial charge on any atom is 0.122 e. The van der Waals surface area contributed by atoms with Gasteiger partial charge in [0.15, 0.2) is 0 Å². The second-order valence-electron chi connectivity index (χ2n) is 13.4. The van der Waals surface area contributed by atoms with Crippen molar-refractivity contribution in [1.29, 1.82) is 0 Å². The van der Waals surface area contributed by atoms with Crippen molar-refractivity contribution >= 4 is 11.6 Å². The Labute approximate surface area is 337 Å². The summed E-state index contributed by atoms with van der Waals surface area (Å²) < 4.78 is 27.1. The van der Waals surface area contributed by atoms with Crippen molar-refractivity contribution in [1.82, 2.24) is 5.32 Å². The predicted molar refractivity (Wildman–Crippen MR) is 228 cm³/mol. The van der Waals surface area contributed by atoms with Crippen LogP contribution in [0.3, 0.4) is 0 Å². The maximum atomic E-state index is 6.27. The first-order valence-corrected chi connectivity index (χ1v) is 19.2. The zero-order valence-electron chi connectivity index (χ0n) is 32.8. The van der Waals surface area contributed by atoms with E-state index in [9.17, 15) is 0 Å². The van der Waals surface area contributed by atoms with Crippen LogP contribution in [-0.4, -0.2) is 47.6 Å². The first-order chi connectivity index (χ1) is 27.4. The molecule has 292 valence electrons. The van der Waals surface area contributed by atoms with Gasteiger partial charge in [0.1, 0.15) is 28.7 Å². The Morgan fingerprint density at radius 1 is 0.554 bits per heavy atom. The molecule has 0 aliphatic rings. The van der Waals surface area contributed by atoms with Crippen LogP contribution in [0.25, 0.3) is 0 Å². The molecule has 6 aromatic carbocycles. The molecule has 56 heavy (non-hydrogen) atoms. The van der Waals surface area contributed by atoms with Gasteiger partial charge in [-0.05, 0) is 126 Å². The minimum atomic E-state index is 0.0472. The first kappa shape index (κ1) is 41.7. The molecule has 0 fully saturated rings. The average molecular weight is 773 g/mol. The molecular weight excluding hydrogens is 720 g/mol. The molecule has 0 saturated heterocycles. The Hall–Kier alpha value is -5.47. The molecule has 8 heteroatoms. The van der Waals surface area contributed by atoms with E-state index in [1.807, 2.05) is 84.9 Å². The molecule has 0 unspecified atom stereocenters. The van der Waals surface area contributed by atoms with Gasteiger partial charge in [-0.3, -0.25) is 0 Å². The fourth-order valence-corrected chi connectivity index (χ4v) is 6.56. The van der Waals surface area contributed by atoms with Gasteiger partial charge in [0.25, 0.3) is 0 Å². The van der Waals surface area contributed by atoms with Crippen LogP contribution >= 0.6 is 11.6 Å². The zero-order valence-corrected chi connectivity index (χ0v) is 33.5. The highest BCUT2D eigenvalue weighted by Gasteiger charge is 2.15. The normalized spacial score (nSPS) is 10.8. The second-order valence-corrected chi connectivity index (χ2v) is 13.9. The summed E-state index contributed by atoms with van der Waals surface area (Å²) in [5.74, 6) is 4.31. The van der Waals surface area contributed by atoms with Gasteiger partial charge in [-0.2, -0.15) is 0 Å². The average Bonchev–Trinajstić information content (AvgIpc) is 3.24. The molecule has 0 aliphatic heterocycles. The van der Waals surface area contributed by atoms with Crippen molar-refractivity contribution in [2.75, 3.05) is 41.6 Å². The predicted octanol–water partition coefficient (Wildman–Crippen LogP) is 9.91. The molecule has 0 amide bonds. The van der Waals surface area contributed by atoms with Gasteiger partial charge in [-0.1, -0.05) is 90.5 Å². The van der Waals surface area contributed by atoms with Crippen molar-refractivity contribution in [2.24, 2.45) is 5.73 Å². The highest BCUT2D eigenvalue weighted by Crippen LogP contribution is 2.28. The minimum absolute atomic E-state index is 0.0472. The number of halogens is 1. The van der Waals surface area contributed by atoms with E-state index in [1.165, 1.54) is 27.8 Å². The molecule has 0 saturated carbocycles. The molecule has 0 aliphatic carbocycles. The topological polar surface area (TPSA) is 84.2 Å². The van der Waals surface area contributed by atoms with Crippen molar-refractivity contribution in [3.63, 3.8) is 0 Å². The third kappa shape index (κ3) is 13.1. The van der Waals surface area contributed by atoms with Gasteiger partial charge in [-0.15, -0.1) is 0 Å². The fraction of sp³-hybridized carbons (Fsp3) is 0.250. The largest absolute Gasteiger partial charge is 0.497 e. The highest BCUT2D eigenvalue weighted by atomic mass is 35.5. The molecule has 0 radical (unpaired) electrons. The van der Waals surface area contributed by atoms with Gasteiger partial charge in [-0.25, -0.2) is 0 Å². The Bertz CT molecular complexity index is 1910. The Kier molecular flexibility index (Phi) is 16.5. The minimum Gasteiger partial charge on any atom is -0.497 e. The smallest absolute Gasteiger partial charge is 0.122 e. The van der Waals surface area contributed by atoms with Crippen molar-refractivity contribution in [3.8, 4) is 28.7 Å². The lowest BCUT2D eigenvalue weighted by Gasteiger charge is -2.21. The molecule has 6 rings (SSSR count). The second kappa shape index (κ2) is 22.2. The van der Waals surface area contributed by atoms with Crippen LogP contribution in [0.5, 0.6) is 28.7 Å². The summed E-state index contributed by atoms with van der Waals surface area (Å²) in [5, 5.41) is 4.41. The number of hydrogen-bond donors (Lipinski definition) is 2. The lowest BCUT2D eigenvalue weighted by atomic mass is 9.98. The van der Waals surface area contributed by atoms with Crippen LogP contribution in [0, 0.1) is 0 Å². The molecule has 6 aromatic rings. The summed E-state index contributed by atoms with van der Waals surface area (Å²) in [6.45, 7) is 1.40. The monoisotopic (exact) mass is 772 g/mol. The summed E-state index contributed by atoms with van der Waals surface area (Å²) in [7, 11) is 6.70. The fourth-order valence-electron chi connectivity index (χ4n) is 6.37. The van der Waals surface area contributed by atoms with E-state index >= 15 is 0 Å². The van der Waals surface area contributed by atoms with Crippen LogP contribution in [0.4, 0.5) is 0 Å². The van der Waals surface area contributed by atoms with Gasteiger partial charge in [0.05, 0.1) is 41.1 Å². The lowest BCUT2D eigenvalue weighted by molar-refractivity contribution is 0.304. The van der Waals surface area contributed by atoms with Crippen LogP contribution in [0.2, 0.25) is 5.02 Å².